The molecule has 0 aliphatic carbocycles. The number of aliphatic hydroxyl groups excluding tert-OH is 1. The van der Waals surface area contributed by atoms with E-state index in [1.807, 2.05) is 0 Å². The predicted molar refractivity (Wildman–Crippen MR) is 70.7 cm³/mol. The molecule has 0 unspecified atom stereocenters. The van der Waals surface area contributed by atoms with Gasteiger partial charge in [0.1, 0.15) is 5.69 Å². The summed E-state index contributed by atoms with van der Waals surface area (Å²) >= 11 is 5.83. The summed E-state index contributed by atoms with van der Waals surface area (Å²) in [5.41, 5.74) is 1.74. The van der Waals surface area contributed by atoms with Crippen molar-refractivity contribution in [2.24, 2.45) is 7.05 Å². The molecule has 0 saturated heterocycles. The van der Waals surface area contributed by atoms with Crippen molar-refractivity contribution < 1.29 is 9.90 Å². The molecular weight excluding hydrogens is 252 g/mol. The van der Waals surface area contributed by atoms with Crippen molar-refractivity contribution in [1.82, 2.24) is 4.57 Å². The van der Waals surface area contributed by atoms with Crippen LogP contribution in [0.4, 0.5) is 5.69 Å². The van der Waals surface area contributed by atoms with E-state index in [1.54, 1.807) is 48.1 Å². The molecule has 4 nitrogen and oxygen atoms in total. The topological polar surface area (TPSA) is 54.3 Å². The highest BCUT2D eigenvalue weighted by molar-refractivity contribution is 6.31. The highest BCUT2D eigenvalue weighted by atomic mass is 35.5. The number of amides is 1. The summed E-state index contributed by atoms with van der Waals surface area (Å²) < 4.78 is 1.65. The monoisotopic (exact) mass is 264 g/mol. The first-order chi connectivity index (χ1) is 8.61. The number of halogens is 1. The summed E-state index contributed by atoms with van der Waals surface area (Å²) in [6.45, 7) is -0.121. The van der Waals surface area contributed by atoms with Crippen LogP contribution >= 0.6 is 11.6 Å². The molecule has 2 rings (SSSR count). The maximum absolute atomic E-state index is 12.0. The molecule has 1 heterocycles. The number of benzene rings is 1. The van der Waals surface area contributed by atoms with Crippen molar-refractivity contribution in [1.29, 1.82) is 0 Å². The summed E-state index contributed by atoms with van der Waals surface area (Å²) in [6, 6.07) is 8.70. The predicted octanol–water partition coefficient (Wildman–Crippen LogP) is 2.42. The maximum atomic E-state index is 12.0. The van der Waals surface area contributed by atoms with E-state index >= 15 is 0 Å². The van der Waals surface area contributed by atoms with Gasteiger partial charge in [-0.3, -0.25) is 4.79 Å². The molecule has 2 N–H and O–H groups in total. The van der Waals surface area contributed by atoms with Gasteiger partial charge in [0, 0.05) is 24.5 Å². The minimum absolute atomic E-state index is 0.121. The van der Waals surface area contributed by atoms with Gasteiger partial charge in [-0.25, -0.2) is 0 Å². The Hall–Kier alpha value is -1.78. The average molecular weight is 265 g/mol. The number of carbonyl (C=O) groups excluding carboxylic acids is 1. The van der Waals surface area contributed by atoms with Crippen LogP contribution in [-0.2, 0) is 13.7 Å². The van der Waals surface area contributed by atoms with E-state index in [4.69, 9.17) is 11.6 Å². The van der Waals surface area contributed by atoms with E-state index in [1.165, 1.54) is 0 Å². The molecule has 0 bridgehead atoms. The molecule has 0 spiro atoms. The number of rotatable bonds is 3. The van der Waals surface area contributed by atoms with Crippen LogP contribution in [0.3, 0.4) is 0 Å². The Labute approximate surface area is 110 Å². The second-order valence-corrected chi connectivity index (χ2v) is 4.36. The van der Waals surface area contributed by atoms with E-state index in [2.05, 4.69) is 5.32 Å². The standard InChI is InChI=1S/C13H13ClN2O2/c1-16-7-10(14)6-12(16)13(18)15-11-5-3-2-4-9(11)8-17/h2-7,17H,8H2,1H3,(H,15,18). The molecule has 94 valence electrons. The third-order valence-corrected chi connectivity index (χ3v) is 2.85. The molecule has 0 aliphatic heterocycles. The summed E-state index contributed by atoms with van der Waals surface area (Å²) in [7, 11) is 1.75. The number of hydrogen-bond acceptors (Lipinski definition) is 2. The lowest BCUT2D eigenvalue weighted by Crippen LogP contribution is -2.16. The largest absolute Gasteiger partial charge is 0.392 e. The van der Waals surface area contributed by atoms with Crippen molar-refractivity contribution in [2.45, 2.75) is 6.61 Å². The van der Waals surface area contributed by atoms with Crippen molar-refractivity contribution >= 4 is 23.2 Å². The van der Waals surface area contributed by atoms with Crippen LogP contribution < -0.4 is 5.32 Å². The van der Waals surface area contributed by atoms with Gasteiger partial charge in [-0.15, -0.1) is 0 Å². The minimum atomic E-state index is -0.259. The number of aromatic nitrogens is 1. The van der Waals surface area contributed by atoms with Gasteiger partial charge in [-0.2, -0.15) is 0 Å². The highest BCUT2D eigenvalue weighted by Gasteiger charge is 2.12. The molecule has 1 aromatic carbocycles. The summed E-state index contributed by atoms with van der Waals surface area (Å²) in [5, 5.41) is 12.4. The first kappa shape index (κ1) is 12.7. The van der Waals surface area contributed by atoms with Gasteiger partial charge in [0.25, 0.3) is 5.91 Å². The molecule has 2 aromatic rings. The van der Waals surface area contributed by atoms with Crippen LogP contribution in [0.15, 0.2) is 36.5 Å². The fourth-order valence-electron chi connectivity index (χ4n) is 1.72. The number of aliphatic hydroxyl groups is 1. The third-order valence-electron chi connectivity index (χ3n) is 2.64. The van der Waals surface area contributed by atoms with Crippen LogP contribution in [0.25, 0.3) is 0 Å². The Balaban J connectivity index is 2.24. The molecule has 0 radical (unpaired) electrons. The average Bonchev–Trinajstić information content (AvgIpc) is 2.69. The third kappa shape index (κ3) is 2.55. The van der Waals surface area contributed by atoms with E-state index in [0.717, 1.165) is 0 Å². The van der Waals surface area contributed by atoms with Crippen molar-refractivity contribution in [3.05, 3.63) is 52.8 Å². The second-order valence-electron chi connectivity index (χ2n) is 3.92. The summed E-state index contributed by atoms with van der Waals surface area (Å²) in [5.74, 6) is -0.259. The van der Waals surface area contributed by atoms with Gasteiger partial charge in [0.15, 0.2) is 0 Å². The van der Waals surface area contributed by atoms with Crippen molar-refractivity contribution in [3.8, 4) is 0 Å². The Morgan fingerprint density at radius 3 is 2.78 bits per heavy atom. The van der Waals surface area contributed by atoms with Gasteiger partial charge >= 0.3 is 0 Å². The first-order valence-electron chi connectivity index (χ1n) is 5.44. The molecular formula is C13H13ClN2O2. The number of hydrogen-bond donors (Lipinski definition) is 2. The number of aryl methyl sites for hydroxylation is 1. The van der Waals surface area contributed by atoms with Gasteiger partial charge < -0.3 is 15.0 Å². The summed E-state index contributed by atoms with van der Waals surface area (Å²) in [4.78, 5) is 12.0. The minimum Gasteiger partial charge on any atom is -0.392 e. The molecule has 1 amide bonds. The molecule has 5 heteroatoms. The van der Waals surface area contributed by atoms with E-state index < -0.39 is 0 Å². The zero-order valence-electron chi connectivity index (χ0n) is 9.85. The molecule has 0 saturated carbocycles. The van der Waals surface area contributed by atoms with Gasteiger partial charge in [-0.05, 0) is 12.1 Å². The van der Waals surface area contributed by atoms with Crippen LogP contribution in [0.1, 0.15) is 16.1 Å². The number of nitrogens with one attached hydrogen (secondary N) is 1. The zero-order chi connectivity index (χ0) is 13.1. The van der Waals surface area contributed by atoms with E-state index in [0.29, 0.717) is 22.0 Å². The number of para-hydroxylation sites is 1. The van der Waals surface area contributed by atoms with Crippen LogP contribution in [0.2, 0.25) is 5.02 Å². The molecule has 1 aromatic heterocycles. The lowest BCUT2D eigenvalue weighted by molar-refractivity contribution is 0.101. The second kappa shape index (κ2) is 5.25. The van der Waals surface area contributed by atoms with Gasteiger partial charge in [0.05, 0.1) is 11.6 Å². The fraction of sp³-hybridized carbons (Fsp3) is 0.154. The van der Waals surface area contributed by atoms with Crippen LogP contribution in [0, 0.1) is 0 Å². The first-order valence-corrected chi connectivity index (χ1v) is 5.81. The summed E-state index contributed by atoms with van der Waals surface area (Å²) in [6.07, 6.45) is 1.66. The Morgan fingerprint density at radius 1 is 1.44 bits per heavy atom. The number of anilines is 1. The van der Waals surface area contributed by atoms with Crippen LogP contribution in [0.5, 0.6) is 0 Å². The Bertz CT molecular complexity index is 578. The van der Waals surface area contributed by atoms with Gasteiger partial charge in [-0.1, -0.05) is 29.8 Å². The van der Waals surface area contributed by atoms with Crippen molar-refractivity contribution in [3.63, 3.8) is 0 Å². The molecule has 0 atom stereocenters. The fourth-order valence-corrected chi connectivity index (χ4v) is 1.97. The smallest absolute Gasteiger partial charge is 0.272 e. The van der Waals surface area contributed by atoms with Crippen molar-refractivity contribution in [2.75, 3.05) is 5.32 Å². The lowest BCUT2D eigenvalue weighted by atomic mass is 10.2. The van der Waals surface area contributed by atoms with Crippen LogP contribution in [-0.4, -0.2) is 15.6 Å². The maximum Gasteiger partial charge on any atom is 0.272 e. The number of nitrogens with zero attached hydrogens (tertiary/aromatic N) is 1. The SMILES string of the molecule is Cn1cc(Cl)cc1C(=O)Nc1ccccc1CO. The number of carbonyl (C=O) groups is 1. The van der Waals surface area contributed by atoms with E-state index in [-0.39, 0.29) is 12.5 Å². The normalized spacial score (nSPS) is 10.4. The Morgan fingerprint density at radius 2 is 2.17 bits per heavy atom. The Kier molecular flexibility index (Phi) is 3.69. The zero-order valence-corrected chi connectivity index (χ0v) is 10.6. The van der Waals surface area contributed by atoms with E-state index in [9.17, 15) is 9.90 Å². The molecule has 0 aliphatic rings. The molecule has 0 fully saturated rings. The van der Waals surface area contributed by atoms with Gasteiger partial charge in [0.2, 0.25) is 0 Å². The molecule has 18 heavy (non-hydrogen) atoms. The quantitative estimate of drug-likeness (QED) is 0.895. The highest BCUT2D eigenvalue weighted by Crippen LogP contribution is 2.18. The lowest BCUT2D eigenvalue weighted by Gasteiger charge is -2.09.